The van der Waals surface area contributed by atoms with Gasteiger partial charge in [-0.2, -0.15) is 11.3 Å². The number of ketones is 1. The number of benzene rings is 2. The van der Waals surface area contributed by atoms with Gasteiger partial charge in [-0.1, -0.05) is 171 Å². The molecule has 2 aromatic carbocycles. The van der Waals surface area contributed by atoms with Gasteiger partial charge >= 0.3 is 0 Å². The van der Waals surface area contributed by atoms with Crippen LogP contribution >= 0.6 is 11.3 Å². The van der Waals surface area contributed by atoms with Crippen LogP contribution in [0.1, 0.15) is 141 Å². The van der Waals surface area contributed by atoms with E-state index in [9.17, 15) is 9.90 Å². The number of pyridine rings is 1. The van der Waals surface area contributed by atoms with Gasteiger partial charge in [0, 0.05) is 54.6 Å². The van der Waals surface area contributed by atoms with Crippen LogP contribution in [0.5, 0.6) is 0 Å². The van der Waals surface area contributed by atoms with Crippen LogP contribution in [0, 0.1) is 66.3 Å². The van der Waals surface area contributed by atoms with E-state index in [1.54, 1.807) is 4.50 Å². The van der Waals surface area contributed by atoms with Crippen LogP contribution in [-0.4, -0.2) is 23.9 Å². The number of aliphatic hydroxyl groups is 1. The number of aromatic nitrogens is 1. The maximum atomic E-state index is 12.3. The number of aryl methyl sites for hydroxylation is 1. The normalized spacial score (nSPS) is 12.8. The molecule has 0 aliphatic heterocycles. The summed E-state index contributed by atoms with van der Waals surface area (Å²) in [6, 6.07) is 21.4. The second-order valence-electron chi connectivity index (χ2n) is 19.9. The van der Waals surface area contributed by atoms with Gasteiger partial charge in [0.25, 0.3) is 0 Å². The maximum absolute atomic E-state index is 12.3. The van der Waals surface area contributed by atoms with Crippen LogP contribution in [0.25, 0.3) is 32.1 Å². The van der Waals surface area contributed by atoms with E-state index in [2.05, 4.69) is 172 Å². The summed E-state index contributed by atoms with van der Waals surface area (Å²) in [5.41, 5.74) is 5.27. The zero-order valence-corrected chi connectivity index (χ0v) is 43.7. The second kappa shape index (κ2) is 23.2. The molecule has 6 heteroatoms. The van der Waals surface area contributed by atoms with Gasteiger partial charge in [-0.15, -0.1) is 29.1 Å². The minimum atomic E-state index is -1.72. The maximum Gasteiger partial charge on any atom is 0.162 e. The van der Waals surface area contributed by atoms with E-state index in [1.807, 2.05) is 6.20 Å². The van der Waals surface area contributed by atoms with Crippen LogP contribution in [0.3, 0.4) is 0 Å². The van der Waals surface area contributed by atoms with Crippen molar-refractivity contribution in [2.24, 2.45) is 53.3 Å². The molecule has 0 saturated heterocycles. The van der Waals surface area contributed by atoms with Crippen molar-refractivity contribution in [3.8, 4) is 11.3 Å². The van der Waals surface area contributed by atoms with Crippen LogP contribution < -0.4 is 4.50 Å². The molecule has 1 radical (unpaired) electrons. The Morgan fingerprint density at radius 2 is 1.26 bits per heavy atom. The molecular formula is C52H80IrNO2SSi-. The van der Waals surface area contributed by atoms with E-state index in [-0.39, 0.29) is 43.5 Å². The standard InChI is InChI=1S/C35H48NSSi.C17H32O2.Ir/c1-10-27(11-2)32-19-29(18-28-14-12-13-15-31(28)32)33-34-30(16-17-36-33)26(9)35(37-34)38(20-23(3)4,21-24(5)6)22-25(7)8;1-10(2)16(11(3)4)14(18)9-15(19)17(12(5)6)13(7)8;/h12-17,19,23-25,27H,10-11,20-22H2,1-9H3;9-13,16-18H,1-8H3;/q-1;;/b;14-9-;. The number of carbonyl (C=O) groups is 1. The van der Waals surface area contributed by atoms with Crippen molar-refractivity contribution < 1.29 is 30.0 Å². The van der Waals surface area contributed by atoms with Crippen molar-refractivity contribution in [1.82, 2.24) is 4.98 Å². The molecule has 58 heavy (non-hydrogen) atoms. The number of thiophene rings is 1. The van der Waals surface area contributed by atoms with Gasteiger partial charge in [-0.3, -0.25) is 9.78 Å². The fraction of sp³-hybridized carbons (Fsp3) is 0.615. The SMILES string of the molecule is CC(C)C(C(=O)/C=C(\O)C(C(C)C)C(C)C)C(C)C.CCC(CC)c1cc(-c2nccc3c(C)c([Si](CC(C)C)(CC(C)C)CC(C)C)sc23)[c-]c2ccccc12.[Ir]. The van der Waals surface area contributed by atoms with Gasteiger partial charge in [-0.05, 0) is 75.8 Å². The van der Waals surface area contributed by atoms with E-state index in [1.165, 1.54) is 56.2 Å². The first-order valence-corrected chi connectivity index (χ1v) is 25.9. The molecule has 2 aromatic heterocycles. The van der Waals surface area contributed by atoms with Crippen LogP contribution in [0.2, 0.25) is 18.1 Å². The predicted octanol–water partition coefficient (Wildman–Crippen LogP) is 15.6. The molecule has 0 aliphatic carbocycles. The number of rotatable bonds is 18. The molecular weight excluding hydrogens is 923 g/mol. The van der Waals surface area contributed by atoms with Gasteiger partial charge in [0.05, 0.1) is 5.76 Å². The first kappa shape index (κ1) is 52.0. The van der Waals surface area contributed by atoms with E-state index in [4.69, 9.17) is 4.98 Å². The van der Waals surface area contributed by atoms with E-state index < -0.39 is 8.07 Å². The summed E-state index contributed by atoms with van der Waals surface area (Å²) in [5, 5.41) is 14.2. The van der Waals surface area contributed by atoms with Crippen molar-refractivity contribution in [3.63, 3.8) is 0 Å². The minimum absolute atomic E-state index is 0. The number of carbonyl (C=O) groups excluding carboxylic acids is 1. The Bertz CT molecular complexity index is 1870. The number of nitrogens with zero attached hydrogens (tertiary/aromatic N) is 1. The Hall–Kier alpha value is -2.11. The zero-order valence-electron chi connectivity index (χ0n) is 39.5. The third-order valence-corrected chi connectivity index (χ3v) is 20.9. The Morgan fingerprint density at radius 1 is 0.759 bits per heavy atom. The third-order valence-electron chi connectivity index (χ3n) is 12.1. The molecule has 325 valence electrons. The Labute approximate surface area is 374 Å². The molecule has 4 aromatic rings. The van der Waals surface area contributed by atoms with Crippen LogP contribution in [0.15, 0.2) is 54.4 Å². The minimum Gasteiger partial charge on any atom is -0.512 e. The molecule has 4 rings (SSSR count). The smallest absolute Gasteiger partial charge is 0.162 e. The van der Waals surface area contributed by atoms with E-state index >= 15 is 0 Å². The summed E-state index contributed by atoms with van der Waals surface area (Å²) in [4.78, 5) is 17.4. The van der Waals surface area contributed by atoms with Crippen LogP contribution in [0.4, 0.5) is 0 Å². The van der Waals surface area contributed by atoms with Crippen molar-refractivity contribution >= 4 is 50.6 Å². The van der Waals surface area contributed by atoms with Crippen molar-refractivity contribution in [3.05, 3.63) is 71.6 Å². The van der Waals surface area contributed by atoms with Crippen molar-refractivity contribution in [1.29, 1.82) is 0 Å². The molecule has 0 unspecified atom stereocenters. The van der Waals surface area contributed by atoms with Crippen molar-refractivity contribution in [2.45, 2.75) is 155 Å². The average Bonchev–Trinajstić information content (AvgIpc) is 3.44. The van der Waals surface area contributed by atoms with Gasteiger partial charge in [0.1, 0.15) is 8.07 Å². The molecule has 0 saturated carbocycles. The third kappa shape index (κ3) is 12.9. The molecule has 0 atom stereocenters. The first-order valence-electron chi connectivity index (χ1n) is 22.5. The quantitative estimate of drug-likeness (QED) is 0.0468. The summed E-state index contributed by atoms with van der Waals surface area (Å²) in [6.07, 6.45) is 5.82. The molecule has 0 fully saturated rings. The predicted molar refractivity (Wildman–Crippen MR) is 256 cm³/mol. The van der Waals surface area contributed by atoms with Crippen LogP contribution in [-0.2, 0) is 24.9 Å². The Morgan fingerprint density at radius 3 is 1.72 bits per heavy atom. The van der Waals surface area contributed by atoms with Gasteiger partial charge in [0.15, 0.2) is 5.78 Å². The second-order valence-corrected chi connectivity index (χ2v) is 25.5. The molecule has 0 amide bonds. The summed E-state index contributed by atoms with van der Waals surface area (Å²) >= 11 is 2.09. The number of aliphatic hydroxyl groups excluding tert-OH is 1. The Balaban J connectivity index is 0.000000494. The van der Waals surface area contributed by atoms with E-state index in [0.717, 1.165) is 41.9 Å². The fourth-order valence-corrected chi connectivity index (χ4v) is 20.0. The summed E-state index contributed by atoms with van der Waals surface area (Å²) < 4.78 is 3.11. The molecule has 2 heterocycles. The molecule has 3 nitrogen and oxygen atoms in total. The molecule has 0 bridgehead atoms. The van der Waals surface area contributed by atoms with Gasteiger partial charge in [0.2, 0.25) is 0 Å². The first-order chi connectivity index (χ1) is 26.7. The van der Waals surface area contributed by atoms with E-state index in [0.29, 0.717) is 29.6 Å². The summed E-state index contributed by atoms with van der Waals surface area (Å²) in [7, 11) is -1.72. The van der Waals surface area contributed by atoms with Gasteiger partial charge in [-0.25, -0.2) is 0 Å². The fourth-order valence-electron chi connectivity index (χ4n) is 10.4. The summed E-state index contributed by atoms with van der Waals surface area (Å²) in [5.74, 6) is 4.34. The zero-order chi connectivity index (χ0) is 42.9. The molecule has 1 N–H and O–H groups in total. The van der Waals surface area contributed by atoms with Crippen molar-refractivity contribution in [2.75, 3.05) is 0 Å². The molecule has 0 aliphatic rings. The number of hydrogen-bond donors (Lipinski definition) is 1. The Kier molecular flexibility index (Phi) is 20.8. The number of fused-ring (bicyclic) bond motifs is 2. The largest absolute Gasteiger partial charge is 0.512 e. The van der Waals surface area contributed by atoms with Gasteiger partial charge < -0.3 is 5.11 Å². The monoisotopic (exact) mass is 1000 g/mol. The topological polar surface area (TPSA) is 50.2 Å². The molecule has 0 spiro atoms. The average molecular weight is 1000 g/mol. The number of hydrogen-bond acceptors (Lipinski definition) is 4. The number of allylic oxidation sites excluding steroid dienone is 2. The summed E-state index contributed by atoms with van der Waals surface area (Å²) in [6.45, 7) is 38.2.